The van der Waals surface area contributed by atoms with Crippen LogP contribution in [-0.4, -0.2) is 46.0 Å². The first-order valence-corrected chi connectivity index (χ1v) is 9.78. The van der Waals surface area contributed by atoms with Crippen LogP contribution in [0.2, 0.25) is 0 Å². The van der Waals surface area contributed by atoms with Crippen LogP contribution in [0.5, 0.6) is 0 Å². The van der Waals surface area contributed by atoms with Gasteiger partial charge in [-0.05, 0) is 37.1 Å². The molecule has 0 aliphatic carbocycles. The first-order valence-electron chi connectivity index (χ1n) is 8.90. The Kier molecular flexibility index (Phi) is 7.14. The fourth-order valence-electron chi connectivity index (χ4n) is 2.53. The zero-order valence-electron chi connectivity index (χ0n) is 16.6. The molecule has 0 aliphatic rings. The number of nitrogens with one attached hydrogen (secondary N) is 2. The Labute approximate surface area is 167 Å². The smallest absolute Gasteiger partial charge is 0.318 e. The van der Waals surface area contributed by atoms with Gasteiger partial charge in [0.15, 0.2) is 11.0 Å². The van der Waals surface area contributed by atoms with Crippen molar-refractivity contribution in [2.75, 3.05) is 14.1 Å². The summed E-state index contributed by atoms with van der Waals surface area (Å²) in [5.74, 6) is -0.247. The Morgan fingerprint density at radius 3 is 2.29 bits per heavy atom. The molecule has 1 aromatic carbocycles. The SMILES string of the molecule is CC(C)[C@@H](Sc1nnc([C@@H](C)[NH+](C)C)n1-c1ccc(F)cc1)C(=O)NC(N)=O. The maximum Gasteiger partial charge on any atom is 0.318 e. The van der Waals surface area contributed by atoms with Gasteiger partial charge in [0.1, 0.15) is 11.9 Å². The molecule has 0 saturated heterocycles. The fraction of sp³-hybridized carbons (Fsp3) is 0.444. The number of hydrogen-bond acceptors (Lipinski definition) is 5. The van der Waals surface area contributed by atoms with Crippen molar-refractivity contribution in [2.45, 2.75) is 37.2 Å². The molecule has 0 aliphatic heterocycles. The van der Waals surface area contributed by atoms with Crippen molar-refractivity contribution in [3.8, 4) is 5.69 Å². The first-order chi connectivity index (χ1) is 13.1. The van der Waals surface area contributed by atoms with Gasteiger partial charge >= 0.3 is 6.03 Å². The Bertz CT molecular complexity index is 837. The predicted octanol–water partition coefficient (Wildman–Crippen LogP) is 0.924. The molecule has 0 radical (unpaired) electrons. The number of urea groups is 1. The molecule has 1 heterocycles. The van der Waals surface area contributed by atoms with Crippen LogP contribution >= 0.6 is 11.8 Å². The topological polar surface area (TPSA) is 107 Å². The number of amides is 3. The van der Waals surface area contributed by atoms with Crippen LogP contribution in [0, 0.1) is 11.7 Å². The molecule has 2 atom stereocenters. The molecule has 2 aromatic rings. The number of primary amides is 1. The summed E-state index contributed by atoms with van der Waals surface area (Å²) in [4.78, 5) is 24.6. The van der Waals surface area contributed by atoms with Crippen molar-refractivity contribution in [1.29, 1.82) is 0 Å². The lowest BCUT2D eigenvalue weighted by atomic mass is 10.1. The van der Waals surface area contributed by atoms with Crippen molar-refractivity contribution in [2.24, 2.45) is 11.7 Å². The normalized spacial score (nSPS) is 13.6. The maximum atomic E-state index is 13.4. The minimum atomic E-state index is -0.901. The third kappa shape index (κ3) is 5.08. The summed E-state index contributed by atoms with van der Waals surface area (Å²) in [5, 5.41) is 10.6. The summed E-state index contributed by atoms with van der Waals surface area (Å²) in [7, 11) is 4.00. The number of nitrogens with two attached hydrogens (primary N) is 1. The second-order valence-electron chi connectivity index (χ2n) is 7.09. The van der Waals surface area contributed by atoms with E-state index in [4.69, 9.17) is 5.73 Å². The van der Waals surface area contributed by atoms with E-state index in [1.165, 1.54) is 23.9 Å². The molecule has 2 rings (SSSR count). The molecular formula is C18H26FN6O2S+. The van der Waals surface area contributed by atoms with E-state index in [0.717, 1.165) is 4.90 Å². The Morgan fingerprint density at radius 2 is 1.79 bits per heavy atom. The van der Waals surface area contributed by atoms with Crippen molar-refractivity contribution in [1.82, 2.24) is 20.1 Å². The predicted molar refractivity (Wildman–Crippen MR) is 105 cm³/mol. The van der Waals surface area contributed by atoms with Gasteiger partial charge in [-0.3, -0.25) is 14.7 Å². The van der Waals surface area contributed by atoms with Crippen LogP contribution in [0.4, 0.5) is 9.18 Å². The number of carbonyl (C=O) groups is 2. The Balaban J connectivity index is 2.49. The van der Waals surface area contributed by atoms with Crippen LogP contribution in [0.25, 0.3) is 5.69 Å². The fourth-order valence-corrected chi connectivity index (χ4v) is 3.59. The second-order valence-corrected chi connectivity index (χ2v) is 8.20. The van der Waals surface area contributed by atoms with E-state index in [0.29, 0.717) is 16.7 Å². The van der Waals surface area contributed by atoms with Crippen molar-refractivity contribution >= 4 is 23.7 Å². The van der Waals surface area contributed by atoms with Gasteiger partial charge in [-0.25, -0.2) is 9.18 Å². The number of carbonyl (C=O) groups excluding carboxylic acids is 2. The number of nitrogens with zero attached hydrogens (tertiary/aromatic N) is 3. The standard InChI is InChI=1S/C18H25FN6O2S/c1-10(2)14(16(26)21-17(20)27)28-18-23-22-15(11(3)24(4)5)25(18)13-8-6-12(19)7-9-13/h6-11,14H,1-5H3,(H3,20,21,26,27)/p+1/t11-,14-/m1/s1. The highest BCUT2D eigenvalue weighted by molar-refractivity contribution is 8.00. The number of thioether (sulfide) groups is 1. The Morgan fingerprint density at radius 1 is 1.18 bits per heavy atom. The quantitative estimate of drug-likeness (QED) is 0.590. The number of imide groups is 1. The van der Waals surface area contributed by atoms with E-state index in [-0.39, 0.29) is 17.8 Å². The van der Waals surface area contributed by atoms with Gasteiger partial charge in [-0.2, -0.15) is 0 Å². The number of benzene rings is 1. The van der Waals surface area contributed by atoms with Gasteiger partial charge in [0.25, 0.3) is 0 Å². The molecule has 152 valence electrons. The number of rotatable bonds is 7. The third-order valence-electron chi connectivity index (χ3n) is 4.34. The zero-order valence-corrected chi connectivity index (χ0v) is 17.4. The Hall–Kier alpha value is -2.46. The van der Waals surface area contributed by atoms with E-state index in [9.17, 15) is 14.0 Å². The van der Waals surface area contributed by atoms with Crippen molar-refractivity contribution in [3.63, 3.8) is 0 Å². The molecule has 3 amide bonds. The number of aromatic nitrogens is 3. The molecule has 0 bridgehead atoms. The van der Waals surface area contributed by atoms with Gasteiger partial charge in [0.05, 0.1) is 19.3 Å². The summed E-state index contributed by atoms with van der Waals surface area (Å²) < 4.78 is 15.2. The summed E-state index contributed by atoms with van der Waals surface area (Å²) >= 11 is 1.19. The molecule has 0 spiro atoms. The van der Waals surface area contributed by atoms with Gasteiger partial charge in [-0.15, -0.1) is 10.2 Å². The highest BCUT2D eigenvalue weighted by Gasteiger charge is 2.30. The van der Waals surface area contributed by atoms with Gasteiger partial charge in [-0.1, -0.05) is 25.6 Å². The van der Waals surface area contributed by atoms with E-state index in [1.54, 1.807) is 12.1 Å². The zero-order chi connectivity index (χ0) is 21.0. The molecule has 0 fully saturated rings. The van der Waals surface area contributed by atoms with Gasteiger partial charge in [0.2, 0.25) is 5.91 Å². The van der Waals surface area contributed by atoms with Crippen molar-refractivity contribution < 1.29 is 18.9 Å². The lowest BCUT2D eigenvalue weighted by molar-refractivity contribution is -0.890. The van der Waals surface area contributed by atoms with Crippen LogP contribution in [-0.2, 0) is 4.79 Å². The average Bonchev–Trinajstić information content (AvgIpc) is 3.02. The third-order valence-corrected chi connectivity index (χ3v) is 5.83. The largest absolute Gasteiger partial charge is 0.351 e. The monoisotopic (exact) mass is 409 g/mol. The van der Waals surface area contributed by atoms with E-state index in [2.05, 4.69) is 15.5 Å². The lowest BCUT2D eigenvalue weighted by Gasteiger charge is -2.21. The lowest BCUT2D eigenvalue weighted by Crippen LogP contribution is -3.05. The highest BCUT2D eigenvalue weighted by atomic mass is 32.2. The van der Waals surface area contributed by atoms with Crippen LogP contribution in [0.1, 0.15) is 32.6 Å². The molecule has 1 aromatic heterocycles. The molecule has 10 heteroatoms. The summed E-state index contributed by atoms with van der Waals surface area (Å²) in [6, 6.07) is 5.10. The van der Waals surface area contributed by atoms with E-state index < -0.39 is 17.2 Å². The van der Waals surface area contributed by atoms with Gasteiger partial charge in [0, 0.05) is 5.69 Å². The minimum Gasteiger partial charge on any atom is -0.351 e. The highest BCUT2D eigenvalue weighted by Crippen LogP contribution is 2.31. The van der Waals surface area contributed by atoms with Crippen LogP contribution in [0.3, 0.4) is 0 Å². The number of quaternary nitrogens is 1. The maximum absolute atomic E-state index is 13.4. The van der Waals surface area contributed by atoms with Crippen molar-refractivity contribution in [3.05, 3.63) is 35.9 Å². The molecule has 8 nitrogen and oxygen atoms in total. The average molecular weight is 410 g/mol. The number of hydrogen-bond donors (Lipinski definition) is 3. The summed E-state index contributed by atoms with van der Waals surface area (Å²) in [6.45, 7) is 5.74. The van der Waals surface area contributed by atoms with E-state index >= 15 is 0 Å². The molecule has 0 unspecified atom stereocenters. The summed E-state index contributed by atoms with van der Waals surface area (Å²) in [5.41, 5.74) is 5.78. The molecule has 4 N–H and O–H groups in total. The minimum absolute atomic E-state index is 0.00356. The summed E-state index contributed by atoms with van der Waals surface area (Å²) in [6.07, 6.45) is 0. The first kappa shape index (κ1) is 21.8. The molecule has 28 heavy (non-hydrogen) atoms. The second kappa shape index (κ2) is 9.16. The van der Waals surface area contributed by atoms with Gasteiger partial charge < -0.3 is 10.6 Å². The van der Waals surface area contributed by atoms with E-state index in [1.807, 2.05) is 39.4 Å². The van der Waals surface area contributed by atoms with Crippen LogP contribution in [0.15, 0.2) is 29.4 Å². The molecule has 0 saturated carbocycles. The van der Waals surface area contributed by atoms with Crippen LogP contribution < -0.4 is 16.0 Å². The number of halogens is 1. The molecular weight excluding hydrogens is 383 g/mol.